The van der Waals surface area contributed by atoms with Crippen LogP contribution < -0.4 is 20.9 Å². The molecule has 4 rings (SSSR count). The van der Waals surface area contributed by atoms with E-state index in [0.717, 1.165) is 12.8 Å². The van der Waals surface area contributed by atoms with Gasteiger partial charge in [-0.15, -0.1) is 0 Å². The van der Waals surface area contributed by atoms with E-state index in [-0.39, 0.29) is 23.5 Å². The number of nitrogens with zero attached hydrogens (tertiary/aromatic N) is 1. The molecular weight excluding hydrogens is 387 g/mol. The molecule has 30 heavy (non-hydrogen) atoms. The Kier molecular flexibility index (Phi) is 5.66. The lowest BCUT2D eigenvalue weighted by Gasteiger charge is -2.34. The lowest BCUT2D eigenvalue weighted by Crippen LogP contribution is -2.50. The molecule has 0 unspecified atom stereocenters. The molecule has 7 nitrogen and oxygen atoms in total. The number of nitrogens with one attached hydrogen (secondary N) is 3. The van der Waals surface area contributed by atoms with Crippen LogP contribution in [0, 0.1) is 11.7 Å². The van der Waals surface area contributed by atoms with Crippen molar-refractivity contribution in [1.82, 2.24) is 10.6 Å². The third-order valence-electron chi connectivity index (χ3n) is 6.94. The number of hydrogen-bond acceptors (Lipinski definition) is 4. The molecule has 2 saturated carbocycles. The molecule has 3 N–H and O–H groups in total. The molecule has 8 heteroatoms. The fraction of sp³-hybridized carbons (Fsp3) is 0.591. The molecule has 162 valence electrons. The normalized spacial score (nSPS) is 26.9. The Morgan fingerprint density at radius 1 is 1.13 bits per heavy atom. The average molecular weight is 416 g/mol. The second kappa shape index (κ2) is 8.24. The highest BCUT2D eigenvalue weighted by Crippen LogP contribution is 2.35. The SMILES string of the molecule is CN(c1ccc(NC(=O)C2CCC3(CC2)NC(=O)NC3=O)cc1F)C1CCCCC1. The van der Waals surface area contributed by atoms with Crippen LogP contribution in [0.15, 0.2) is 18.2 Å². The van der Waals surface area contributed by atoms with Gasteiger partial charge >= 0.3 is 6.03 Å². The summed E-state index contributed by atoms with van der Waals surface area (Å²) in [4.78, 5) is 38.1. The largest absolute Gasteiger partial charge is 0.369 e. The van der Waals surface area contributed by atoms with Crippen LogP contribution >= 0.6 is 0 Å². The van der Waals surface area contributed by atoms with Crippen LogP contribution in [0.5, 0.6) is 0 Å². The van der Waals surface area contributed by atoms with E-state index in [0.29, 0.717) is 43.1 Å². The molecule has 3 fully saturated rings. The first-order valence-electron chi connectivity index (χ1n) is 10.8. The molecule has 2 aliphatic carbocycles. The Morgan fingerprint density at radius 3 is 2.43 bits per heavy atom. The van der Waals surface area contributed by atoms with E-state index in [1.54, 1.807) is 12.1 Å². The van der Waals surface area contributed by atoms with E-state index >= 15 is 0 Å². The second-order valence-electron chi connectivity index (χ2n) is 8.82. The lowest BCUT2D eigenvalue weighted by molar-refractivity contribution is -0.128. The van der Waals surface area contributed by atoms with Crippen molar-refractivity contribution in [2.24, 2.45) is 5.92 Å². The lowest BCUT2D eigenvalue weighted by atomic mass is 9.76. The Bertz CT molecular complexity index is 845. The smallest absolute Gasteiger partial charge is 0.322 e. The van der Waals surface area contributed by atoms with Crippen LogP contribution in [0.3, 0.4) is 0 Å². The summed E-state index contributed by atoms with van der Waals surface area (Å²) in [6.45, 7) is 0. The minimum atomic E-state index is -0.884. The molecule has 1 spiro atoms. The Balaban J connectivity index is 1.35. The van der Waals surface area contributed by atoms with Gasteiger partial charge in [-0.2, -0.15) is 0 Å². The van der Waals surface area contributed by atoms with Crippen molar-refractivity contribution in [2.75, 3.05) is 17.3 Å². The number of rotatable bonds is 4. The van der Waals surface area contributed by atoms with Gasteiger partial charge in [-0.05, 0) is 56.7 Å². The standard InChI is InChI=1S/C22H29FN4O3/c1-27(16-5-3-2-4-6-16)18-8-7-15(13-17(18)23)24-19(28)14-9-11-22(12-10-14)20(29)25-21(30)26-22/h7-8,13-14,16H,2-6,9-12H2,1H3,(H,24,28)(H2,25,26,29,30). The quantitative estimate of drug-likeness (QED) is 0.657. The molecule has 1 aromatic rings. The Hall–Kier alpha value is -2.64. The molecule has 1 saturated heterocycles. The molecule has 1 aromatic carbocycles. The van der Waals surface area contributed by atoms with Gasteiger partial charge in [0.2, 0.25) is 5.91 Å². The highest BCUT2D eigenvalue weighted by Gasteiger charge is 2.48. The third-order valence-corrected chi connectivity index (χ3v) is 6.94. The topological polar surface area (TPSA) is 90.5 Å². The molecule has 4 amide bonds. The van der Waals surface area contributed by atoms with Gasteiger partial charge in [0.1, 0.15) is 11.4 Å². The number of urea groups is 1. The summed E-state index contributed by atoms with van der Waals surface area (Å²) in [7, 11) is 1.93. The number of carbonyl (C=O) groups excluding carboxylic acids is 3. The van der Waals surface area contributed by atoms with Gasteiger partial charge in [-0.1, -0.05) is 19.3 Å². The van der Waals surface area contributed by atoms with Crippen molar-refractivity contribution < 1.29 is 18.8 Å². The van der Waals surface area contributed by atoms with Crippen molar-refractivity contribution in [1.29, 1.82) is 0 Å². The molecule has 1 aliphatic heterocycles. The van der Waals surface area contributed by atoms with Gasteiger partial charge in [-0.3, -0.25) is 14.9 Å². The van der Waals surface area contributed by atoms with Crippen LogP contribution in [-0.4, -0.2) is 36.5 Å². The minimum Gasteiger partial charge on any atom is -0.369 e. The van der Waals surface area contributed by atoms with Crippen molar-refractivity contribution in [3.8, 4) is 0 Å². The van der Waals surface area contributed by atoms with E-state index in [9.17, 15) is 18.8 Å². The monoisotopic (exact) mass is 416 g/mol. The van der Waals surface area contributed by atoms with Gasteiger partial charge in [0.25, 0.3) is 5.91 Å². The van der Waals surface area contributed by atoms with Crippen LogP contribution in [0.4, 0.5) is 20.6 Å². The van der Waals surface area contributed by atoms with Gasteiger partial charge in [0.05, 0.1) is 5.69 Å². The zero-order valence-corrected chi connectivity index (χ0v) is 17.3. The first kappa shape index (κ1) is 20.6. The number of amides is 4. The number of halogens is 1. The molecule has 0 radical (unpaired) electrons. The molecule has 1 heterocycles. The summed E-state index contributed by atoms with van der Waals surface area (Å²) in [5.41, 5.74) is 0.110. The summed E-state index contributed by atoms with van der Waals surface area (Å²) in [6.07, 6.45) is 7.58. The summed E-state index contributed by atoms with van der Waals surface area (Å²) in [5, 5.41) is 7.78. The molecule has 3 aliphatic rings. The predicted octanol–water partition coefficient (Wildman–Crippen LogP) is 3.30. The average Bonchev–Trinajstić information content (AvgIpc) is 3.01. The van der Waals surface area contributed by atoms with Crippen molar-refractivity contribution in [2.45, 2.75) is 69.4 Å². The summed E-state index contributed by atoms with van der Waals surface area (Å²) >= 11 is 0. The summed E-state index contributed by atoms with van der Waals surface area (Å²) < 4.78 is 14.8. The molecule has 0 aromatic heterocycles. The fourth-order valence-electron chi connectivity index (χ4n) is 5.03. The number of imide groups is 1. The second-order valence-corrected chi connectivity index (χ2v) is 8.82. The van der Waals surface area contributed by atoms with Crippen LogP contribution in [0.25, 0.3) is 0 Å². The van der Waals surface area contributed by atoms with Crippen molar-refractivity contribution >= 4 is 29.2 Å². The highest BCUT2D eigenvalue weighted by atomic mass is 19.1. The van der Waals surface area contributed by atoms with E-state index in [1.165, 1.54) is 25.3 Å². The Labute approximate surface area is 175 Å². The molecular formula is C22H29FN4O3. The zero-order chi connectivity index (χ0) is 21.3. The first-order valence-corrected chi connectivity index (χ1v) is 10.8. The van der Waals surface area contributed by atoms with E-state index in [1.807, 2.05) is 11.9 Å². The highest BCUT2D eigenvalue weighted by molar-refractivity contribution is 6.07. The summed E-state index contributed by atoms with van der Waals surface area (Å²) in [6, 6.07) is 4.73. The van der Waals surface area contributed by atoms with Crippen LogP contribution in [0.2, 0.25) is 0 Å². The first-order chi connectivity index (χ1) is 14.4. The predicted molar refractivity (Wildman–Crippen MR) is 112 cm³/mol. The third kappa shape index (κ3) is 4.00. The zero-order valence-electron chi connectivity index (χ0n) is 17.3. The maximum atomic E-state index is 14.8. The van der Waals surface area contributed by atoms with Gasteiger partial charge < -0.3 is 15.5 Å². The number of hydrogen-bond donors (Lipinski definition) is 3. The minimum absolute atomic E-state index is 0.178. The summed E-state index contributed by atoms with van der Waals surface area (Å²) in [5.74, 6) is -1.10. The Morgan fingerprint density at radius 2 is 1.83 bits per heavy atom. The van der Waals surface area contributed by atoms with Gasteiger partial charge in [0, 0.05) is 24.7 Å². The van der Waals surface area contributed by atoms with Gasteiger partial charge in [-0.25, -0.2) is 9.18 Å². The van der Waals surface area contributed by atoms with E-state index < -0.39 is 11.6 Å². The number of benzene rings is 1. The van der Waals surface area contributed by atoms with Crippen LogP contribution in [0.1, 0.15) is 57.8 Å². The number of carbonyl (C=O) groups is 3. The van der Waals surface area contributed by atoms with Gasteiger partial charge in [0.15, 0.2) is 0 Å². The van der Waals surface area contributed by atoms with Crippen molar-refractivity contribution in [3.63, 3.8) is 0 Å². The maximum absolute atomic E-state index is 14.8. The number of anilines is 2. The van der Waals surface area contributed by atoms with E-state index in [2.05, 4.69) is 16.0 Å². The fourth-order valence-corrected chi connectivity index (χ4v) is 5.03. The van der Waals surface area contributed by atoms with Crippen molar-refractivity contribution in [3.05, 3.63) is 24.0 Å². The van der Waals surface area contributed by atoms with Crippen LogP contribution in [-0.2, 0) is 9.59 Å². The molecule has 0 bridgehead atoms. The van der Waals surface area contributed by atoms with E-state index in [4.69, 9.17) is 0 Å². The molecule has 0 atom stereocenters. The maximum Gasteiger partial charge on any atom is 0.322 e.